The number of rotatable bonds is 3. The van der Waals surface area contributed by atoms with Crippen LogP contribution in [-0.2, 0) is 9.53 Å². The first-order chi connectivity index (χ1) is 4.84. The Morgan fingerprint density at radius 1 is 1.90 bits per heavy atom. The van der Waals surface area contributed by atoms with E-state index >= 15 is 0 Å². The smallest absolute Gasteiger partial charge is 0.210 e. The molecule has 0 aromatic rings. The second-order valence-electron chi connectivity index (χ2n) is 2.16. The summed E-state index contributed by atoms with van der Waals surface area (Å²) in [6, 6.07) is 0. The lowest BCUT2D eigenvalue weighted by Crippen LogP contribution is -2.20. The summed E-state index contributed by atoms with van der Waals surface area (Å²) < 4.78 is 5.04. The van der Waals surface area contributed by atoms with E-state index in [9.17, 15) is 4.79 Å². The SMILES string of the molecule is CNCC(=O)C1=CCCO1. The Morgan fingerprint density at radius 3 is 3.20 bits per heavy atom. The van der Waals surface area contributed by atoms with Gasteiger partial charge in [0.15, 0.2) is 5.76 Å². The number of hydrogen-bond donors (Lipinski definition) is 1. The number of ketones is 1. The molecule has 0 bridgehead atoms. The summed E-state index contributed by atoms with van der Waals surface area (Å²) in [6.45, 7) is 1.02. The van der Waals surface area contributed by atoms with E-state index in [2.05, 4.69) is 5.32 Å². The minimum Gasteiger partial charge on any atom is -0.490 e. The van der Waals surface area contributed by atoms with Gasteiger partial charge in [-0.05, 0) is 13.1 Å². The van der Waals surface area contributed by atoms with Gasteiger partial charge in [0.25, 0.3) is 0 Å². The van der Waals surface area contributed by atoms with Crippen molar-refractivity contribution < 1.29 is 9.53 Å². The van der Waals surface area contributed by atoms with E-state index in [0.717, 1.165) is 6.42 Å². The van der Waals surface area contributed by atoms with E-state index in [1.165, 1.54) is 0 Å². The Balaban J connectivity index is 2.40. The molecule has 0 atom stereocenters. The lowest BCUT2D eigenvalue weighted by molar-refractivity contribution is -0.117. The highest BCUT2D eigenvalue weighted by molar-refractivity contribution is 5.95. The highest BCUT2D eigenvalue weighted by Gasteiger charge is 2.12. The van der Waals surface area contributed by atoms with E-state index in [-0.39, 0.29) is 5.78 Å². The molecule has 1 rings (SSSR count). The maximum atomic E-state index is 11.0. The van der Waals surface area contributed by atoms with Gasteiger partial charge < -0.3 is 10.1 Å². The third-order valence-electron chi connectivity index (χ3n) is 1.32. The molecule has 0 saturated heterocycles. The van der Waals surface area contributed by atoms with Crippen LogP contribution in [0.5, 0.6) is 0 Å². The van der Waals surface area contributed by atoms with Crippen molar-refractivity contribution in [2.75, 3.05) is 20.2 Å². The highest BCUT2D eigenvalue weighted by atomic mass is 16.5. The van der Waals surface area contributed by atoms with E-state index in [0.29, 0.717) is 18.9 Å². The van der Waals surface area contributed by atoms with E-state index in [1.807, 2.05) is 6.08 Å². The molecule has 0 unspecified atom stereocenters. The van der Waals surface area contributed by atoms with E-state index < -0.39 is 0 Å². The molecule has 3 heteroatoms. The molecule has 0 fully saturated rings. The topological polar surface area (TPSA) is 38.3 Å². The number of carbonyl (C=O) groups is 1. The molecular weight excluding hydrogens is 130 g/mol. The molecule has 1 aliphatic heterocycles. The average Bonchev–Trinajstić information content (AvgIpc) is 2.38. The predicted molar refractivity (Wildman–Crippen MR) is 37.6 cm³/mol. The van der Waals surface area contributed by atoms with Gasteiger partial charge in [-0.15, -0.1) is 0 Å². The normalized spacial score (nSPS) is 16.3. The molecule has 0 aromatic carbocycles. The molecule has 0 radical (unpaired) electrons. The molecule has 56 valence electrons. The molecular formula is C7H11NO2. The Morgan fingerprint density at radius 2 is 2.70 bits per heavy atom. The first-order valence-corrected chi connectivity index (χ1v) is 3.35. The van der Waals surface area contributed by atoms with Crippen molar-refractivity contribution in [3.05, 3.63) is 11.8 Å². The number of Topliss-reactive ketones (excluding diaryl/α,β-unsaturated/α-hetero) is 1. The summed E-state index contributed by atoms with van der Waals surface area (Å²) in [5, 5.41) is 2.77. The van der Waals surface area contributed by atoms with Crippen molar-refractivity contribution in [2.45, 2.75) is 6.42 Å². The van der Waals surface area contributed by atoms with Crippen LogP contribution < -0.4 is 5.32 Å². The van der Waals surface area contributed by atoms with Gasteiger partial charge >= 0.3 is 0 Å². The molecule has 1 aliphatic rings. The predicted octanol–water partition coefficient (Wildman–Crippen LogP) is 0.0791. The first-order valence-electron chi connectivity index (χ1n) is 3.35. The number of carbonyl (C=O) groups excluding carboxylic acids is 1. The molecule has 0 aromatic heterocycles. The van der Waals surface area contributed by atoms with Crippen molar-refractivity contribution in [3.8, 4) is 0 Å². The van der Waals surface area contributed by atoms with Crippen molar-refractivity contribution in [1.82, 2.24) is 5.32 Å². The number of nitrogens with one attached hydrogen (secondary N) is 1. The number of hydrogen-bond acceptors (Lipinski definition) is 3. The Kier molecular flexibility index (Phi) is 2.45. The molecule has 1 N–H and O–H groups in total. The Bertz CT molecular complexity index is 163. The second kappa shape index (κ2) is 3.37. The van der Waals surface area contributed by atoms with Gasteiger partial charge in [-0.25, -0.2) is 0 Å². The van der Waals surface area contributed by atoms with Crippen LogP contribution >= 0.6 is 0 Å². The molecule has 0 aliphatic carbocycles. The summed E-state index contributed by atoms with van der Waals surface area (Å²) in [6.07, 6.45) is 2.70. The van der Waals surface area contributed by atoms with Gasteiger partial charge in [-0.1, -0.05) is 0 Å². The van der Waals surface area contributed by atoms with Gasteiger partial charge in [0.05, 0.1) is 13.2 Å². The maximum absolute atomic E-state index is 11.0. The van der Waals surface area contributed by atoms with Crippen LogP contribution in [0.3, 0.4) is 0 Å². The van der Waals surface area contributed by atoms with E-state index in [4.69, 9.17) is 4.74 Å². The molecule has 3 nitrogen and oxygen atoms in total. The molecule has 0 saturated carbocycles. The van der Waals surface area contributed by atoms with Crippen LogP contribution in [-0.4, -0.2) is 26.0 Å². The third kappa shape index (κ3) is 1.57. The minimum atomic E-state index is 0.0417. The fraction of sp³-hybridized carbons (Fsp3) is 0.571. The van der Waals surface area contributed by atoms with Gasteiger partial charge in [0.1, 0.15) is 0 Å². The number of likely N-dealkylation sites (N-methyl/N-ethyl adjacent to an activating group) is 1. The second-order valence-corrected chi connectivity index (χ2v) is 2.16. The molecule has 1 heterocycles. The fourth-order valence-corrected chi connectivity index (χ4v) is 0.860. The largest absolute Gasteiger partial charge is 0.490 e. The van der Waals surface area contributed by atoms with Crippen LogP contribution in [0.15, 0.2) is 11.8 Å². The maximum Gasteiger partial charge on any atom is 0.210 e. The van der Waals surface area contributed by atoms with Gasteiger partial charge in [0, 0.05) is 6.42 Å². The van der Waals surface area contributed by atoms with Crippen LogP contribution in [0.2, 0.25) is 0 Å². The lowest BCUT2D eigenvalue weighted by atomic mass is 10.3. The van der Waals surface area contributed by atoms with Gasteiger partial charge in [0.2, 0.25) is 5.78 Å². The number of ether oxygens (including phenoxy) is 1. The zero-order valence-electron chi connectivity index (χ0n) is 6.02. The fourth-order valence-electron chi connectivity index (χ4n) is 0.860. The zero-order valence-corrected chi connectivity index (χ0v) is 6.02. The van der Waals surface area contributed by atoms with Crippen molar-refractivity contribution in [2.24, 2.45) is 0 Å². The van der Waals surface area contributed by atoms with Crippen molar-refractivity contribution in [1.29, 1.82) is 0 Å². The van der Waals surface area contributed by atoms with Crippen molar-refractivity contribution >= 4 is 5.78 Å². The highest BCUT2D eigenvalue weighted by Crippen LogP contribution is 2.08. The van der Waals surface area contributed by atoms with Gasteiger partial charge in [-0.2, -0.15) is 0 Å². The minimum absolute atomic E-state index is 0.0417. The molecule has 10 heavy (non-hydrogen) atoms. The quantitative estimate of drug-likeness (QED) is 0.605. The van der Waals surface area contributed by atoms with E-state index in [1.54, 1.807) is 7.05 Å². The van der Waals surface area contributed by atoms with Crippen LogP contribution in [0.25, 0.3) is 0 Å². The zero-order chi connectivity index (χ0) is 7.40. The van der Waals surface area contributed by atoms with Gasteiger partial charge in [-0.3, -0.25) is 4.79 Å². The third-order valence-corrected chi connectivity index (χ3v) is 1.32. The van der Waals surface area contributed by atoms with Crippen molar-refractivity contribution in [3.63, 3.8) is 0 Å². The Hall–Kier alpha value is -0.830. The standard InChI is InChI=1S/C7H11NO2/c1-8-5-6(9)7-3-2-4-10-7/h3,8H,2,4-5H2,1H3. The van der Waals surface area contributed by atoms with Crippen LogP contribution in [0.4, 0.5) is 0 Å². The monoisotopic (exact) mass is 141 g/mol. The summed E-state index contributed by atoms with van der Waals surface area (Å²) in [4.78, 5) is 11.0. The summed E-state index contributed by atoms with van der Waals surface area (Å²) in [5.74, 6) is 0.564. The first kappa shape index (κ1) is 7.28. The molecule has 0 spiro atoms. The summed E-state index contributed by atoms with van der Waals surface area (Å²) in [5.41, 5.74) is 0. The Labute approximate surface area is 60.1 Å². The average molecular weight is 141 g/mol. The van der Waals surface area contributed by atoms with Crippen LogP contribution in [0, 0.1) is 0 Å². The van der Waals surface area contributed by atoms with Crippen LogP contribution in [0.1, 0.15) is 6.42 Å². The molecule has 0 amide bonds. The summed E-state index contributed by atoms with van der Waals surface area (Å²) >= 11 is 0. The summed E-state index contributed by atoms with van der Waals surface area (Å²) in [7, 11) is 1.74. The lowest BCUT2D eigenvalue weighted by Gasteiger charge is -2.00.